The van der Waals surface area contributed by atoms with Crippen molar-refractivity contribution in [2.45, 2.75) is 232 Å². The van der Waals surface area contributed by atoms with Gasteiger partial charge < -0.3 is 14.2 Å². The molecule has 0 aromatic heterocycles. The summed E-state index contributed by atoms with van der Waals surface area (Å²) in [5, 5.41) is 0. The summed E-state index contributed by atoms with van der Waals surface area (Å²) in [7, 11) is 0. The fourth-order valence-electron chi connectivity index (χ4n) is 6.68. The Kier molecular flexibility index (Phi) is 48.0. The fourth-order valence-corrected chi connectivity index (χ4v) is 6.68. The third-order valence-corrected chi connectivity index (χ3v) is 10.5. The first-order valence-corrected chi connectivity index (χ1v) is 25.7. The molecule has 0 spiro atoms. The third-order valence-electron chi connectivity index (χ3n) is 10.5. The van der Waals surface area contributed by atoms with Crippen LogP contribution < -0.4 is 0 Å². The lowest BCUT2D eigenvalue weighted by molar-refractivity contribution is -0.167. The van der Waals surface area contributed by atoms with E-state index in [4.69, 9.17) is 14.2 Å². The molecule has 63 heavy (non-hydrogen) atoms. The minimum absolute atomic E-state index is 0.0997. The number of carbonyl (C=O) groups excluding carboxylic acids is 3. The summed E-state index contributed by atoms with van der Waals surface area (Å²) in [6.45, 7) is 6.38. The van der Waals surface area contributed by atoms with Gasteiger partial charge in [-0.2, -0.15) is 0 Å². The Bertz CT molecular complexity index is 1280. The lowest BCUT2D eigenvalue weighted by Gasteiger charge is -2.18. The van der Waals surface area contributed by atoms with E-state index in [-0.39, 0.29) is 31.1 Å². The molecule has 0 radical (unpaired) electrons. The largest absolute Gasteiger partial charge is 0.462 e. The molecular formula is C57H94O6. The van der Waals surface area contributed by atoms with Crippen LogP contribution in [0.3, 0.4) is 0 Å². The van der Waals surface area contributed by atoms with Crippen molar-refractivity contribution in [2.75, 3.05) is 13.2 Å². The zero-order valence-corrected chi connectivity index (χ0v) is 40.8. The van der Waals surface area contributed by atoms with Gasteiger partial charge in [-0.05, 0) is 116 Å². The number of unbranched alkanes of at least 4 members (excludes halogenated alkanes) is 18. The van der Waals surface area contributed by atoms with Crippen molar-refractivity contribution >= 4 is 17.9 Å². The van der Waals surface area contributed by atoms with Gasteiger partial charge in [0.15, 0.2) is 6.10 Å². The van der Waals surface area contributed by atoms with Gasteiger partial charge in [-0.1, -0.05) is 189 Å². The van der Waals surface area contributed by atoms with Crippen molar-refractivity contribution in [1.29, 1.82) is 0 Å². The second kappa shape index (κ2) is 51.0. The Hall–Kier alpha value is -3.67. The highest BCUT2D eigenvalue weighted by atomic mass is 16.6. The summed E-state index contributed by atoms with van der Waals surface area (Å²) >= 11 is 0. The molecule has 0 saturated carbocycles. The SMILES string of the molecule is CC/C=C\C/C=C\C/C=C\C/C=C\C/C=C\CCCCCC(=O)OCC(COC(=O)CCCCCCC/C=C\CCC)OC(=O)CCCCCCC/C=C\C/C=C\CCCCCC. The second-order valence-corrected chi connectivity index (χ2v) is 16.7. The maximum absolute atomic E-state index is 12.8. The average Bonchev–Trinajstić information content (AvgIpc) is 3.28. The van der Waals surface area contributed by atoms with Crippen molar-refractivity contribution in [2.24, 2.45) is 0 Å². The number of esters is 3. The van der Waals surface area contributed by atoms with Crippen LogP contribution in [-0.4, -0.2) is 37.2 Å². The van der Waals surface area contributed by atoms with Crippen molar-refractivity contribution in [3.05, 3.63) is 97.2 Å². The van der Waals surface area contributed by atoms with E-state index in [1.165, 1.54) is 44.9 Å². The molecule has 0 heterocycles. The lowest BCUT2D eigenvalue weighted by Crippen LogP contribution is -2.30. The van der Waals surface area contributed by atoms with Crippen LogP contribution >= 0.6 is 0 Å². The number of ether oxygens (including phenoxy) is 3. The first-order valence-electron chi connectivity index (χ1n) is 25.7. The average molecular weight is 875 g/mol. The van der Waals surface area contributed by atoms with Crippen LogP contribution in [0.25, 0.3) is 0 Å². The van der Waals surface area contributed by atoms with Gasteiger partial charge in [0.25, 0.3) is 0 Å². The molecule has 0 saturated heterocycles. The molecule has 0 aliphatic heterocycles. The van der Waals surface area contributed by atoms with Crippen LogP contribution in [0.1, 0.15) is 226 Å². The maximum Gasteiger partial charge on any atom is 0.306 e. The van der Waals surface area contributed by atoms with Crippen LogP contribution in [0.2, 0.25) is 0 Å². The molecule has 1 unspecified atom stereocenters. The highest BCUT2D eigenvalue weighted by Crippen LogP contribution is 2.13. The molecule has 0 amide bonds. The van der Waals surface area contributed by atoms with Gasteiger partial charge in [0, 0.05) is 19.3 Å². The standard InChI is InChI=1S/C57H94O6/c1-4-7-10-13-16-19-22-24-26-28-29-30-32-33-35-38-41-44-47-50-56(59)62-53-54(52-61-55(58)49-46-43-40-37-21-18-15-12-9-6-3)63-57(60)51-48-45-42-39-36-34-31-27-25-23-20-17-14-11-8-5-2/h7,10,12,15-16,19-20,23-24,26-27,29-31,33,35,54H,4-6,8-9,11,13-14,17-18,21-22,25,28,32,34,36-53H2,1-3H3/b10-7-,15-12-,19-16-,23-20-,26-24-,30-29-,31-27-,35-33-. The van der Waals surface area contributed by atoms with Crippen molar-refractivity contribution in [1.82, 2.24) is 0 Å². The van der Waals surface area contributed by atoms with Gasteiger partial charge >= 0.3 is 17.9 Å². The zero-order valence-electron chi connectivity index (χ0n) is 40.8. The van der Waals surface area contributed by atoms with Crippen molar-refractivity contribution in [3.63, 3.8) is 0 Å². The fraction of sp³-hybridized carbons (Fsp3) is 0.667. The lowest BCUT2D eigenvalue weighted by atomic mass is 10.1. The van der Waals surface area contributed by atoms with Gasteiger partial charge in [0.05, 0.1) is 0 Å². The van der Waals surface area contributed by atoms with Gasteiger partial charge in [0.2, 0.25) is 0 Å². The number of hydrogen-bond acceptors (Lipinski definition) is 6. The molecule has 0 aliphatic carbocycles. The number of carbonyl (C=O) groups is 3. The topological polar surface area (TPSA) is 78.9 Å². The molecule has 1 atom stereocenters. The minimum atomic E-state index is -0.802. The highest BCUT2D eigenvalue weighted by molar-refractivity contribution is 5.71. The number of rotatable bonds is 45. The Morgan fingerprint density at radius 1 is 0.333 bits per heavy atom. The van der Waals surface area contributed by atoms with Gasteiger partial charge in [-0.3, -0.25) is 14.4 Å². The molecule has 6 heteroatoms. The van der Waals surface area contributed by atoms with E-state index in [1.807, 2.05) is 0 Å². The Morgan fingerprint density at radius 2 is 0.651 bits per heavy atom. The molecule has 0 fully saturated rings. The quantitative estimate of drug-likeness (QED) is 0.0262. The summed E-state index contributed by atoms with van der Waals surface area (Å²) in [6.07, 6.45) is 66.8. The molecule has 0 aromatic carbocycles. The van der Waals surface area contributed by atoms with Crippen molar-refractivity contribution in [3.8, 4) is 0 Å². The monoisotopic (exact) mass is 875 g/mol. The zero-order chi connectivity index (χ0) is 45.8. The Labute approximate surface area is 387 Å². The first kappa shape index (κ1) is 59.3. The predicted octanol–water partition coefficient (Wildman–Crippen LogP) is 17.0. The summed E-state index contributed by atoms with van der Waals surface area (Å²) in [5.74, 6) is -0.961. The van der Waals surface area contributed by atoms with Gasteiger partial charge in [-0.15, -0.1) is 0 Å². The maximum atomic E-state index is 12.8. The summed E-state index contributed by atoms with van der Waals surface area (Å²) < 4.78 is 16.7. The van der Waals surface area contributed by atoms with Gasteiger partial charge in [0.1, 0.15) is 13.2 Å². The summed E-state index contributed by atoms with van der Waals surface area (Å²) in [6, 6.07) is 0. The van der Waals surface area contributed by atoms with E-state index in [0.29, 0.717) is 19.3 Å². The van der Waals surface area contributed by atoms with Crippen LogP contribution in [0, 0.1) is 0 Å². The summed E-state index contributed by atoms with van der Waals surface area (Å²) in [5.41, 5.74) is 0. The molecule has 0 bridgehead atoms. The van der Waals surface area contributed by atoms with E-state index >= 15 is 0 Å². The summed E-state index contributed by atoms with van der Waals surface area (Å²) in [4.78, 5) is 37.9. The van der Waals surface area contributed by atoms with E-state index < -0.39 is 6.10 Å². The minimum Gasteiger partial charge on any atom is -0.462 e. The van der Waals surface area contributed by atoms with Crippen molar-refractivity contribution < 1.29 is 28.6 Å². The molecule has 0 aliphatic rings. The van der Waals surface area contributed by atoms with E-state index in [0.717, 1.165) is 141 Å². The smallest absolute Gasteiger partial charge is 0.306 e. The van der Waals surface area contributed by atoms with E-state index in [2.05, 4.69) is 118 Å². The second-order valence-electron chi connectivity index (χ2n) is 16.7. The van der Waals surface area contributed by atoms with Crippen LogP contribution in [0.15, 0.2) is 97.2 Å². The van der Waals surface area contributed by atoms with Crippen LogP contribution in [-0.2, 0) is 28.6 Å². The highest BCUT2D eigenvalue weighted by Gasteiger charge is 2.19. The predicted molar refractivity (Wildman–Crippen MR) is 270 cm³/mol. The normalized spacial score (nSPS) is 12.9. The molecule has 0 rings (SSSR count). The van der Waals surface area contributed by atoms with E-state index in [9.17, 15) is 14.4 Å². The third kappa shape index (κ3) is 49.2. The number of hydrogen-bond donors (Lipinski definition) is 0. The molecular weight excluding hydrogens is 781 g/mol. The molecule has 0 N–H and O–H groups in total. The van der Waals surface area contributed by atoms with Gasteiger partial charge in [-0.25, -0.2) is 0 Å². The van der Waals surface area contributed by atoms with E-state index in [1.54, 1.807) is 0 Å². The van der Waals surface area contributed by atoms with Crippen LogP contribution in [0.5, 0.6) is 0 Å². The molecule has 0 aromatic rings. The molecule has 6 nitrogen and oxygen atoms in total. The Morgan fingerprint density at radius 3 is 1.06 bits per heavy atom. The van der Waals surface area contributed by atoms with Crippen LogP contribution in [0.4, 0.5) is 0 Å². The molecule has 358 valence electrons. The first-order chi connectivity index (χ1) is 31.0. The Balaban J connectivity index is 4.45. The number of allylic oxidation sites excluding steroid dienone is 16.